The van der Waals surface area contributed by atoms with Crippen LogP contribution in [0.1, 0.15) is 42.0 Å². The molecule has 1 aromatic heterocycles. The highest BCUT2D eigenvalue weighted by atomic mass is 16.2. The number of carbonyl (C=O) groups excluding carboxylic acids is 1. The SMILES string of the molecule is Cc1ccc(CCC(=O)N2CCC(n3ccnn3)CC2)cc1C. The van der Waals surface area contributed by atoms with Crippen molar-refractivity contribution in [2.24, 2.45) is 0 Å². The molecule has 1 aromatic carbocycles. The van der Waals surface area contributed by atoms with Crippen molar-refractivity contribution in [1.29, 1.82) is 0 Å². The molecular formula is C18H24N4O. The lowest BCUT2D eigenvalue weighted by molar-refractivity contribution is -0.132. The number of amides is 1. The average Bonchev–Trinajstić information content (AvgIpc) is 3.10. The monoisotopic (exact) mass is 312 g/mol. The van der Waals surface area contributed by atoms with Crippen molar-refractivity contribution >= 4 is 5.91 Å². The van der Waals surface area contributed by atoms with Crippen LogP contribution in [0.2, 0.25) is 0 Å². The largest absolute Gasteiger partial charge is 0.343 e. The Labute approximate surface area is 137 Å². The van der Waals surface area contributed by atoms with Gasteiger partial charge in [0.15, 0.2) is 0 Å². The molecule has 122 valence electrons. The maximum atomic E-state index is 12.4. The summed E-state index contributed by atoms with van der Waals surface area (Å²) in [5, 5.41) is 7.92. The summed E-state index contributed by atoms with van der Waals surface area (Å²) in [6, 6.07) is 6.84. The van der Waals surface area contributed by atoms with E-state index in [0.29, 0.717) is 12.5 Å². The van der Waals surface area contributed by atoms with Crippen LogP contribution in [0.4, 0.5) is 0 Å². The lowest BCUT2D eigenvalue weighted by atomic mass is 10.0. The van der Waals surface area contributed by atoms with Crippen LogP contribution in [-0.2, 0) is 11.2 Å². The van der Waals surface area contributed by atoms with Crippen molar-refractivity contribution < 1.29 is 4.79 Å². The van der Waals surface area contributed by atoms with E-state index in [1.807, 2.05) is 15.8 Å². The fraction of sp³-hybridized carbons (Fsp3) is 0.500. The van der Waals surface area contributed by atoms with Crippen LogP contribution in [0, 0.1) is 13.8 Å². The second-order valence-corrected chi connectivity index (χ2v) is 6.41. The number of aryl methyl sites for hydroxylation is 3. The average molecular weight is 312 g/mol. The van der Waals surface area contributed by atoms with E-state index in [-0.39, 0.29) is 5.91 Å². The molecule has 5 nitrogen and oxygen atoms in total. The molecule has 0 spiro atoms. The normalized spacial score (nSPS) is 15.8. The molecule has 1 aliphatic heterocycles. The summed E-state index contributed by atoms with van der Waals surface area (Å²) in [6.45, 7) is 5.87. The van der Waals surface area contributed by atoms with Gasteiger partial charge >= 0.3 is 0 Å². The second kappa shape index (κ2) is 6.94. The lowest BCUT2D eigenvalue weighted by Gasteiger charge is -2.32. The van der Waals surface area contributed by atoms with Gasteiger partial charge in [0, 0.05) is 25.7 Å². The van der Waals surface area contributed by atoms with Crippen LogP contribution in [0.15, 0.2) is 30.6 Å². The Hall–Kier alpha value is -2.17. The van der Waals surface area contributed by atoms with E-state index in [4.69, 9.17) is 0 Å². The molecule has 0 saturated carbocycles. The number of likely N-dealkylation sites (tertiary alicyclic amines) is 1. The van der Waals surface area contributed by atoms with Gasteiger partial charge in [0.25, 0.3) is 0 Å². The first-order chi connectivity index (χ1) is 11.1. The molecule has 1 aliphatic rings. The Bertz CT molecular complexity index is 658. The lowest BCUT2D eigenvalue weighted by Crippen LogP contribution is -2.39. The Morgan fingerprint density at radius 2 is 2.00 bits per heavy atom. The summed E-state index contributed by atoms with van der Waals surface area (Å²) >= 11 is 0. The summed E-state index contributed by atoms with van der Waals surface area (Å²) in [6.07, 6.45) is 6.94. The van der Waals surface area contributed by atoms with E-state index in [1.165, 1.54) is 16.7 Å². The summed E-state index contributed by atoms with van der Waals surface area (Å²) in [4.78, 5) is 14.4. The van der Waals surface area contributed by atoms with Crippen LogP contribution in [0.3, 0.4) is 0 Å². The number of aromatic nitrogens is 3. The Balaban J connectivity index is 1.48. The molecule has 2 heterocycles. The predicted molar refractivity (Wildman–Crippen MR) is 89.1 cm³/mol. The Kier molecular flexibility index (Phi) is 4.74. The van der Waals surface area contributed by atoms with E-state index in [0.717, 1.165) is 32.4 Å². The first kappa shape index (κ1) is 15.7. The number of benzene rings is 1. The zero-order valence-corrected chi connectivity index (χ0v) is 13.9. The summed E-state index contributed by atoms with van der Waals surface area (Å²) in [5.74, 6) is 0.264. The third kappa shape index (κ3) is 3.78. The van der Waals surface area contributed by atoms with Crippen LogP contribution < -0.4 is 0 Å². The molecule has 0 bridgehead atoms. The smallest absolute Gasteiger partial charge is 0.222 e. The maximum Gasteiger partial charge on any atom is 0.222 e. The maximum absolute atomic E-state index is 12.4. The van der Waals surface area contributed by atoms with Gasteiger partial charge in [-0.25, -0.2) is 4.68 Å². The van der Waals surface area contributed by atoms with Gasteiger partial charge in [-0.05, 0) is 49.8 Å². The summed E-state index contributed by atoms with van der Waals surface area (Å²) in [5.41, 5.74) is 3.85. The second-order valence-electron chi connectivity index (χ2n) is 6.41. The molecule has 0 atom stereocenters. The highest BCUT2D eigenvalue weighted by Gasteiger charge is 2.23. The van der Waals surface area contributed by atoms with E-state index in [2.05, 4.69) is 42.4 Å². The minimum atomic E-state index is 0.264. The summed E-state index contributed by atoms with van der Waals surface area (Å²) in [7, 11) is 0. The first-order valence-corrected chi connectivity index (χ1v) is 8.33. The number of hydrogen-bond acceptors (Lipinski definition) is 3. The number of carbonyl (C=O) groups is 1. The van der Waals surface area contributed by atoms with Crippen LogP contribution in [-0.4, -0.2) is 38.9 Å². The zero-order valence-electron chi connectivity index (χ0n) is 13.9. The van der Waals surface area contributed by atoms with Crippen molar-refractivity contribution in [1.82, 2.24) is 19.9 Å². The number of piperidine rings is 1. The number of nitrogens with zero attached hydrogens (tertiary/aromatic N) is 4. The van der Waals surface area contributed by atoms with Crippen LogP contribution in [0.25, 0.3) is 0 Å². The molecule has 1 amide bonds. The van der Waals surface area contributed by atoms with E-state index >= 15 is 0 Å². The predicted octanol–water partition coefficient (Wildman–Crippen LogP) is 2.69. The van der Waals surface area contributed by atoms with Crippen molar-refractivity contribution in [2.45, 2.75) is 45.6 Å². The Morgan fingerprint density at radius 3 is 2.65 bits per heavy atom. The van der Waals surface area contributed by atoms with Crippen LogP contribution >= 0.6 is 0 Å². The van der Waals surface area contributed by atoms with E-state index < -0.39 is 0 Å². The third-order valence-corrected chi connectivity index (χ3v) is 4.83. The fourth-order valence-electron chi connectivity index (χ4n) is 3.16. The van der Waals surface area contributed by atoms with Gasteiger partial charge < -0.3 is 4.90 Å². The molecule has 0 radical (unpaired) electrons. The topological polar surface area (TPSA) is 51.0 Å². The van der Waals surface area contributed by atoms with Gasteiger partial charge in [-0.2, -0.15) is 0 Å². The number of hydrogen-bond donors (Lipinski definition) is 0. The molecule has 2 aromatic rings. The molecular weight excluding hydrogens is 288 g/mol. The molecule has 0 unspecified atom stereocenters. The molecule has 0 aliphatic carbocycles. The van der Waals surface area contributed by atoms with Crippen molar-refractivity contribution in [3.8, 4) is 0 Å². The summed E-state index contributed by atoms with van der Waals surface area (Å²) < 4.78 is 1.91. The zero-order chi connectivity index (χ0) is 16.2. The quantitative estimate of drug-likeness (QED) is 0.872. The van der Waals surface area contributed by atoms with Gasteiger partial charge in [-0.1, -0.05) is 23.4 Å². The standard InChI is InChI=1S/C18H24N4O/c1-14-3-4-16(13-15(14)2)5-6-18(23)21-10-7-17(8-11-21)22-12-9-19-20-22/h3-4,9,12-13,17H,5-8,10-11H2,1-2H3. The van der Waals surface area contributed by atoms with Gasteiger partial charge in [-0.15, -0.1) is 5.10 Å². The molecule has 23 heavy (non-hydrogen) atoms. The van der Waals surface area contributed by atoms with E-state index in [9.17, 15) is 4.79 Å². The number of rotatable bonds is 4. The minimum absolute atomic E-state index is 0.264. The van der Waals surface area contributed by atoms with Crippen molar-refractivity contribution in [2.75, 3.05) is 13.1 Å². The fourth-order valence-corrected chi connectivity index (χ4v) is 3.16. The molecule has 1 saturated heterocycles. The van der Waals surface area contributed by atoms with Gasteiger partial charge in [0.2, 0.25) is 5.91 Å². The van der Waals surface area contributed by atoms with E-state index in [1.54, 1.807) is 6.20 Å². The van der Waals surface area contributed by atoms with Crippen LogP contribution in [0.5, 0.6) is 0 Å². The highest BCUT2D eigenvalue weighted by Crippen LogP contribution is 2.22. The van der Waals surface area contributed by atoms with Gasteiger partial charge in [0.05, 0.1) is 12.2 Å². The molecule has 1 fully saturated rings. The minimum Gasteiger partial charge on any atom is -0.343 e. The molecule has 3 rings (SSSR count). The third-order valence-electron chi connectivity index (χ3n) is 4.83. The van der Waals surface area contributed by atoms with Crippen molar-refractivity contribution in [3.63, 3.8) is 0 Å². The van der Waals surface area contributed by atoms with Gasteiger partial charge in [0.1, 0.15) is 0 Å². The Morgan fingerprint density at radius 1 is 1.22 bits per heavy atom. The first-order valence-electron chi connectivity index (χ1n) is 8.33. The van der Waals surface area contributed by atoms with Gasteiger partial charge in [-0.3, -0.25) is 4.79 Å². The molecule has 0 N–H and O–H groups in total. The highest BCUT2D eigenvalue weighted by molar-refractivity contribution is 5.76. The van der Waals surface area contributed by atoms with Crippen molar-refractivity contribution in [3.05, 3.63) is 47.3 Å². The molecule has 5 heteroatoms.